The average Bonchev–Trinajstić information content (AvgIpc) is 3.08. The summed E-state index contributed by atoms with van der Waals surface area (Å²) in [6.45, 7) is 0.682. The Morgan fingerprint density at radius 3 is 3.00 bits per heavy atom. The fourth-order valence-corrected chi connectivity index (χ4v) is 2.07. The zero-order valence-corrected chi connectivity index (χ0v) is 13.0. The second kappa shape index (κ2) is 7.79. The second-order valence-corrected chi connectivity index (χ2v) is 5.07. The summed E-state index contributed by atoms with van der Waals surface area (Å²) in [7, 11) is 0. The molecule has 0 aliphatic heterocycles. The SMILES string of the molecule is O=C(NCCC#Cc1cc2cn[nH]c2cn1)OCc1ccccc1. The van der Waals surface area contributed by atoms with E-state index in [0.29, 0.717) is 18.7 Å². The molecular formula is C18H16N4O2. The number of fused-ring (bicyclic) bond motifs is 1. The van der Waals surface area contributed by atoms with E-state index in [0.717, 1.165) is 16.5 Å². The fraction of sp³-hybridized carbons (Fsp3) is 0.167. The first-order chi connectivity index (χ1) is 11.8. The fourth-order valence-electron chi connectivity index (χ4n) is 2.07. The summed E-state index contributed by atoms with van der Waals surface area (Å²) in [4.78, 5) is 15.8. The number of hydrogen-bond donors (Lipinski definition) is 2. The number of H-pyrrole nitrogens is 1. The molecule has 1 aromatic carbocycles. The number of pyridine rings is 1. The highest BCUT2D eigenvalue weighted by Crippen LogP contribution is 2.09. The Morgan fingerprint density at radius 2 is 2.12 bits per heavy atom. The van der Waals surface area contributed by atoms with Gasteiger partial charge < -0.3 is 10.1 Å². The molecule has 0 spiro atoms. The Kier molecular flexibility index (Phi) is 5.05. The Balaban J connectivity index is 1.39. The van der Waals surface area contributed by atoms with Crippen LogP contribution in [-0.2, 0) is 11.3 Å². The number of amides is 1. The van der Waals surface area contributed by atoms with Crippen LogP contribution in [0.4, 0.5) is 4.79 Å². The Hall–Kier alpha value is -3.33. The lowest BCUT2D eigenvalue weighted by molar-refractivity contribution is 0.140. The molecule has 0 unspecified atom stereocenters. The van der Waals surface area contributed by atoms with Crippen LogP contribution >= 0.6 is 0 Å². The van der Waals surface area contributed by atoms with Gasteiger partial charge in [-0.05, 0) is 17.6 Å². The molecule has 2 aromatic heterocycles. The largest absolute Gasteiger partial charge is 0.445 e. The van der Waals surface area contributed by atoms with Gasteiger partial charge in [0.15, 0.2) is 0 Å². The lowest BCUT2D eigenvalue weighted by Gasteiger charge is -2.05. The van der Waals surface area contributed by atoms with Crippen LogP contribution in [0.15, 0.2) is 48.8 Å². The number of alkyl carbamates (subject to hydrolysis) is 1. The summed E-state index contributed by atoms with van der Waals surface area (Å²) in [6, 6.07) is 11.4. The maximum Gasteiger partial charge on any atom is 0.407 e. The van der Waals surface area contributed by atoms with Crippen molar-refractivity contribution in [2.75, 3.05) is 6.54 Å². The molecule has 0 aliphatic carbocycles. The Labute approximate surface area is 139 Å². The molecule has 0 bridgehead atoms. The highest BCUT2D eigenvalue weighted by molar-refractivity contribution is 5.77. The van der Waals surface area contributed by atoms with Gasteiger partial charge in [-0.1, -0.05) is 36.3 Å². The van der Waals surface area contributed by atoms with Crippen molar-refractivity contribution in [3.8, 4) is 11.8 Å². The molecule has 0 saturated carbocycles. The highest BCUT2D eigenvalue weighted by Gasteiger charge is 2.01. The minimum absolute atomic E-state index is 0.257. The van der Waals surface area contributed by atoms with Crippen LogP contribution in [0.2, 0.25) is 0 Å². The van der Waals surface area contributed by atoms with E-state index in [9.17, 15) is 4.79 Å². The summed E-state index contributed by atoms with van der Waals surface area (Å²) < 4.78 is 5.11. The van der Waals surface area contributed by atoms with E-state index in [1.807, 2.05) is 36.4 Å². The number of nitrogens with one attached hydrogen (secondary N) is 2. The summed E-state index contributed by atoms with van der Waals surface area (Å²) >= 11 is 0. The summed E-state index contributed by atoms with van der Waals surface area (Å²) in [5.74, 6) is 5.94. The number of hydrogen-bond acceptors (Lipinski definition) is 4. The van der Waals surface area contributed by atoms with Gasteiger partial charge in [0, 0.05) is 18.4 Å². The molecule has 3 rings (SSSR count). The molecule has 0 atom stereocenters. The van der Waals surface area contributed by atoms with Crippen LogP contribution in [0.3, 0.4) is 0 Å². The third-order valence-electron chi connectivity index (χ3n) is 3.27. The topological polar surface area (TPSA) is 79.9 Å². The zero-order chi connectivity index (χ0) is 16.6. The highest BCUT2D eigenvalue weighted by atomic mass is 16.5. The number of aromatic nitrogens is 3. The van der Waals surface area contributed by atoms with E-state index in [1.54, 1.807) is 12.4 Å². The van der Waals surface area contributed by atoms with E-state index >= 15 is 0 Å². The van der Waals surface area contributed by atoms with Crippen LogP contribution < -0.4 is 5.32 Å². The maximum atomic E-state index is 11.6. The molecule has 120 valence electrons. The van der Waals surface area contributed by atoms with Crippen molar-refractivity contribution in [1.82, 2.24) is 20.5 Å². The first kappa shape index (κ1) is 15.6. The number of benzene rings is 1. The number of nitrogens with zero attached hydrogens (tertiary/aromatic N) is 2. The molecule has 0 saturated heterocycles. The third-order valence-corrected chi connectivity index (χ3v) is 3.27. The van der Waals surface area contributed by atoms with Gasteiger partial charge in [-0.2, -0.15) is 5.10 Å². The van der Waals surface area contributed by atoms with Crippen molar-refractivity contribution in [3.05, 3.63) is 60.0 Å². The average molecular weight is 320 g/mol. The second-order valence-electron chi connectivity index (χ2n) is 5.07. The Bertz CT molecular complexity index is 878. The van der Waals surface area contributed by atoms with Crippen LogP contribution in [0.5, 0.6) is 0 Å². The molecule has 3 aromatic rings. The number of carbonyl (C=O) groups excluding carboxylic acids is 1. The maximum absolute atomic E-state index is 11.6. The normalized spacial score (nSPS) is 10.0. The first-order valence-corrected chi connectivity index (χ1v) is 7.54. The van der Waals surface area contributed by atoms with E-state index in [-0.39, 0.29) is 6.61 Å². The smallest absolute Gasteiger partial charge is 0.407 e. The van der Waals surface area contributed by atoms with Gasteiger partial charge in [0.2, 0.25) is 0 Å². The van der Waals surface area contributed by atoms with Crippen LogP contribution in [0.1, 0.15) is 17.7 Å². The van der Waals surface area contributed by atoms with Crippen molar-refractivity contribution in [2.45, 2.75) is 13.0 Å². The lowest BCUT2D eigenvalue weighted by Crippen LogP contribution is -2.24. The quantitative estimate of drug-likeness (QED) is 0.572. The van der Waals surface area contributed by atoms with Crippen molar-refractivity contribution in [3.63, 3.8) is 0 Å². The molecule has 6 nitrogen and oxygen atoms in total. The van der Waals surface area contributed by atoms with Gasteiger partial charge in [-0.3, -0.25) is 5.10 Å². The predicted molar refractivity (Wildman–Crippen MR) is 90.0 cm³/mol. The first-order valence-electron chi connectivity index (χ1n) is 7.54. The molecule has 1 amide bonds. The van der Waals surface area contributed by atoms with Gasteiger partial charge in [-0.25, -0.2) is 9.78 Å². The zero-order valence-electron chi connectivity index (χ0n) is 13.0. The number of aromatic amines is 1. The van der Waals surface area contributed by atoms with Crippen molar-refractivity contribution >= 4 is 17.0 Å². The minimum atomic E-state index is -0.446. The third kappa shape index (κ3) is 4.34. The number of rotatable bonds is 4. The lowest BCUT2D eigenvalue weighted by atomic mass is 10.2. The van der Waals surface area contributed by atoms with Gasteiger partial charge >= 0.3 is 6.09 Å². The molecule has 2 heterocycles. The van der Waals surface area contributed by atoms with Crippen molar-refractivity contribution in [2.24, 2.45) is 0 Å². The molecule has 0 radical (unpaired) electrons. The molecule has 0 fully saturated rings. The summed E-state index contributed by atoms with van der Waals surface area (Å²) in [6.07, 6.45) is 3.50. The monoisotopic (exact) mass is 320 g/mol. The van der Waals surface area contributed by atoms with Crippen LogP contribution in [0.25, 0.3) is 10.9 Å². The van der Waals surface area contributed by atoms with Gasteiger partial charge in [0.05, 0.1) is 17.9 Å². The van der Waals surface area contributed by atoms with Crippen LogP contribution in [-0.4, -0.2) is 27.8 Å². The molecule has 24 heavy (non-hydrogen) atoms. The summed E-state index contributed by atoms with van der Waals surface area (Å²) in [5, 5.41) is 10.4. The molecule has 6 heteroatoms. The van der Waals surface area contributed by atoms with Crippen molar-refractivity contribution < 1.29 is 9.53 Å². The van der Waals surface area contributed by atoms with Gasteiger partial charge in [0.25, 0.3) is 0 Å². The van der Waals surface area contributed by atoms with E-state index in [4.69, 9.17) is 4.74 Å². The van der Waals surface area contributed by atoms with Crippen molar-refractivity contribution in [1.29, 1.82) is 0 Å². The predicted octanol–water partition coefficient (Wildman–Crippen LogP) is 2.63. The molecule has 2 N–H and O–H groups in total. The van der Waals surface area contributed by atoms with Gasteiger partial charge in [0.1, 0.15) is 12.3 Å². The van der Waals surface area contributed by atoms with Crippen LogP contribution in [0, 0.1) is 11.8 Å². The van der Waals surface area contributed by atoms with E-state index in [2.05, 4.69) is 32.3 Å². The molecular weight excluding hydrogens is 304 g/mol. The van der Waals surface area contributed by atoms with E-state index < -0.39 is 6.09 Å². The van der Waals surface area contributed by atoms with Gasteiger partial charge in [-0.15, -0.1) is 0 Å². The standard InChI is InChI=1S/C18H16N4O2/c23-18(24-13-14-6-2-1-3-7-14)19-9-5-4-8-16-10-15-11-21-22-17(15)12-20-16/h1-3,6-7,10-12H,5,9,13H2,(H,19,23)(H,21,22). The minimum Gasteiger partial charge on any atom is -0.445 e. The Morgan fingerprint density at radius 1 is 1.25 bits per heavy atom. The molecule has 0 aliphatic rings. The summed E-state index contributed by atoms with van der Waals surface area (Å²) in [5.41, 5.74) is 2.51. The van der Waals surface area contributed by atoms with E-state index in [1.165, 1.54) is 0 Å². The number of ether oxygens (including phenoxy) is 1. The number of carbonyl (C=O) groups is 1.